The maximum absolute atomic E-state index is 12.4. The third kappa shape index (κ3) is 5.46. The Balaban J connectivity index is 2.89. The van der Waals surface area contributed by atoms with Crippen molar-refractivity contribution in [2.75, 3.05) is 0 Å². The standard InChI is InChI=1S/C15H24N2O3S/c1-8(2)6-11-13(21-10(5)16-11)14(18)17-12(15(19)20)7-9(3)4/h8-9,12H,6-7H2,1-5H3,(H,17,18)(H,19,20)/t12-/m1/s1. The second-order valence-corrected chi connectivity index (χ2v) is 7.30. The predicted octanol–water partition coefficient (Wildman–Crippen LogP) is 2.88. The van der Waals surface area contributed by atoms with Gasteiger partial charge >= 0.3 is 5.97 Å². The Bertz CT molecular complexity index is 509. The van der Waals surface area contributed by atoms with Gasteiger partial charge in [0.05, 0.1) is 10.7 Å². The molecule has 0 unspecified atom stereocenters. The molecular weight excluding hydrogens is 288 g/mol. The van der Waals surface area contributed by atoms with Gasteiger partial charge in [-0.15, -0.1) is 11.3 Å². The smallest absolute Gasteiger partial charge is 0.326 e. The highest BCUT2D eigenvalue weighted by Crippen LogP contribution is 2.21. The molecule has 21 heavy (non-hydrogen) atoms. The van der Waals surface area contributed by atoms with Crippen LogP contribution in [-0.4, -0.2) is 28.0 Å². The first-order chi connectivity index (χ1) is 9.70. The molecular formula is C15H24N2O3S. The molecule has 6 heteroatoms. The van der Waals surface area contributed by atoms with Gasteiger partial charge in [-0.1, -0.05) is 27.7 Å². The van der Waals surface area contributed by atoms with Crippen LogP contribution in [0.25, 0.3) is 0 Å². The highest BCUT2D eigenvalue weighted by atomic mass is 32.1. The molecule has 118 valence electrons. The van der Waals surface area contributed by atoms with E-state index >= 15 is 0 Å². The molecule has 0 fully saturated rings. The number of aromatic nitrogens is 1. The molecule has 0 aliphatic carbocycles. The zero-order valence-corrected chi connectivity index (χ0v) is 14.1. The molecule has 1 aromatic heterocycles. The van der Waals surface area contributed by atoms with Crippen LogP contribution in [-0.2, 0) is 11.2 Å². The van der Waals surface area contributed by atoms with Crippen molar-refractivity contribution in [1.82, 2.24) is 10.3 Å². The molecule has 0 aliphatic rings. The predicted molar refractivity (Wildman–Crippen MR) is 83.7 cm³/mol. The lowest BCUT2D eigenvalue weighted by Crippen LogP contribution is -2.41. The summed E-state index contributed by atoms with van der Waals surface area (Å²) in [5.74, 6) is -0.735. The molecule has 0 saturated carbocycles. The number of rotatable bonds is 7. The average Bonchev–Trinajstić information content (AvgIpc) is 2.67. The fraction of sp³-hybridized carbons (Fsp3) is 0.667. The van der Waals surface area contributed by atoms with Crippen molar-refractivity contribution in [3.05, 3.63) is 15.6 Å². The number of aryl methyl sites for hydroxylation is 1. The fourth-order valence-electron chi connectivity index (χ4n) is 2.09. The summed E-state index contributed by atoms with van der Waals surface area (Å²) in [6, 6.07) is -0.855. The molecule has 5 nitrogen and oxygen atoms in total. The first-order valence-corrected chi connectivity index (χ1v) is 8.02. The van der Waals surface area contributed by atoms with Gasteiger partial charge < -0.3 is 10.4 Å². The van der Waals surface area contributed by atoms with Crippen LogP contribution in [0, 0.1) is 18.8 Å². The maximum Gasteiger partial charge on any atom is 0.326 e. The molecule has 1 atom stereocenters. The number of nitrogens with zero attached hydrogens (tertiary/aromatic N) is 1. The van der Waals surface area contributed by atoms with E-state index in [-0.39, 0.29) is 11.8 Å². The van der Waals surface area contributed by atoms with Crippen molar-refractivity contribution in [3.63, 3.8) is 0 Å². The molecule has 0 radical (unpaired) electrons. The largest absolute Gasteiger partial charge is 0.480 e. The third-order valence-corrected chi connectivity index (χ3v) is 3.93. The quantitative estimate of drug-likeness (QED) is 0.811. The van der Waals surface area contributed by atoms with Gasteiger partial charge in [0.1, 0.15) is 10.9 Å². The molecule has 0 aliphatic heterocycles. The van der Waals surface area contributed by atoms with Gasteiger partial charge in [-0.3, -0.25) is 4.79 Å². The van der Waals surface area contributed by atoms with E-state index in [1.54, 1.807) is 0 Å². The number of thiazole rings is 1. The Morgan fingerprint density at radius 1 is 1.24 bits per heavy atom. The number of hydrogen-bond donors (Lipinski definition) is 2. The first kappa shape index (κ1) is 17.6. The van der Waals surface area contributed by atoms with Gasteiger partial charge in [0.15, 0.2) is 0 Å². The number of carboxylic acids is 1. The molecule has 1 rings (SSSR count). The molecule has 0 saturated heterocycles. The number of carbonyl (C=O) groups is 2. The summed E-state index contributed by atoms with van der Waals surface area (Å²) in [5, 5.41) is 12.7. The Kier molecular flexibility index (Phi) is 6.33. The number of carbonyl (C=O) groups excluding carboxylic acids is 1. The van der Waals surface area contributed by atoms with E-state index in [0.717, 1.165) is 17.1 Å². The van der Waals surface area contributed by atoms with Crippen LogP contribution in [0.3, 0.4) is 0 Å². The van der Waals surface area contributed by atoms with Crippen molar-refractivity contribution >= 4 is 23.2 Å². The second-order valence-electron chi connectivity index (χ2n) is 6.10. The maximum atomic E-state index is 12.4. The summed E-state index contributed by atoms with van der Waals surface area (Å²) in [7, 11) is 0. The second kappa shape index (κ2) is 7.54. The summed E-state index contributed by atoms with van der Waals surface area (Å²) in [5.41, 5.74) is 0.763. The molecule has 1 amide bonds. The third-order valence-electron chi connectivity index (χ3n) is 2.92. The van der Waals surface area contributed by atoms with E-state index in [1.165, 1.54) is 11.3 Å². The van der Waals surface area contributed by atoms with Crippen molar-refractivity contribution < 1.29 is 14.7 Å². The summed E-state index contributed by atoms with van der Waals surface area (Å²) in [4.78, 5) is 28.5. The first-order valence-electron chi connectivity index (χ1n) is 7.20. The van der Waals surface area contributed by atoms with E-state index in [9.17, 15) is 14.7 Å². The van der Waals surface area contributed by atoms with E-state index < -0.39 is 12.0 Å². The Morgan fingerprint density at radius 2 is 1.86 bits per heavy atom. The summed E-state index contributed by atoms with van der Waals surface area (Å²) in [6.45, 7) is 9.85. The number of nitrogens with one attached hydrogen (secondary N) is 1. The molecule has 0 spiro atoms. The van der Waals surface area contributed by atoms with Crippen LogP contribution >= 0.6 is 11.3 Å². The minimum absolute atomic E-state index is 0.199. The lowest BCUT2D eigenvalue weighted by atomic mass is 10.0. The van der Waals surface area contributed by atoms with Crippen molar-refractivity contribution in [1.29, 1.82) is 0 Å². The molecule has 1 heterocycles. The number of carboxylic acid groups (broad SMARTS) is 1. The van der Waals surface area contributed by atoms with E-state index in [0.29, 0.717) is 17.2 Å². The SMILES string of the molecule is Cc1nc(CC(C)C)c(C(=O)N[C@H](CC(C)C)C(=O)O)s1. The molecule has 0 bridgehead atoms. The topological polar surface area (TPSA) is 79.3 Å². The van der Waals surface area contributed by atoms with Gasteiger partial charge in [0.2, 0.25) is 0 Å². The number of hydrogen-bond acceptors (Lipinski definition) is 4. The van der Waals surface area contributed by atoms with Crippen LogP contribution in [0.4, 0.5) is 0 Å². The van der Waals surface area contributed by atoms with Crippen LogP contribution < -0.4 is 5.32 Å². The normalized spacial score (nSPS) is 12.7. The number of aliphatic carboxylic acids is 1. The van der Waals surface area contributed by atoms with Crippen LogP contribution in [0.5, 0.6) is 0 Å². The van der Waals surface area contributed by atoms with E-state index in [2.05, 4.69) is 24.1 Å². The highest BCUT2D eigenvalue weighted by molar-refractivity contribution is 7.13. The van der Waals surface area contributed by atoms with Gasteiger partial charge in [-0.2, -0.15) is 0 Å². The average molecular weight is 312 g/mol. The van der Waals surface area contributed by atoms with Gasteiger partial charge in [-0.25, -0.2) is 9.78 Å². The highest BCUT2D eigenvalue weighted by Gasteiger charge is 2.24. The monoisotopic (exact) mass is 312 g/mol. The van der Waals surface area contributed by atoms with E-state index in [4.69, 9.17) is 0 Å². The van der Waals surface area contributed by atoms with Crippen molar-refractivity contribution in [2.45, 2.75) is 53.5 Å². The van der Waals surface area contributed by atoms with Crippen LogP contribution in [0.15, 0.2) is 0 Å². The zero-order valence-electron chi connectivity index (χ0n) is 13.3. The van der Waals surface area contributed by atoms with E-state index in [1.807, 2.05) is 20.8 Å². The fourth-order valence-corrected chi connectivity index (χ4v) is 2.94. The Labute approximate surface area is 129 Å². The van der Waals surface area contributed by atoms with Gasteiger partial charge in [0, 0.05) is 0 Å². The summed E-state index contributed by atoms with van der Waals surface area (Å²) < 4.78 is 0. The number of amides is 1. The molecule has 1 aromatic rings. The van der Waals surface area contributed by atoms with Crippen LogP contribution in [0.2, 0.25) is 0 Å². The Morgan fingerprint density at radius 3 is 2.33 bits per heavy atom. The van der Waals surface area contributed by atoms with Gasteiger partial charge in [0.25, 0.3) is 5.91 Å². The molecule has 0 aromatic carbocycles. The van der Waals surface area contributed by atoms with Crippen LogP contribution in [0.1, 0.15) is 54.5 Å². The zero-order chi connectivity index (χ0) is 16.2. The van der Waals surface area contributed by atoms with Crippen molar-refractivity contribution in [3.8, 4) is 0 Å². The summed E-state index contributed by atoms with van der Waals surface area (Å²) >= 11 is 1.32. The minimum atomic E-state index is -0.997. The lowest BCUT2D eigenvalue weighted by Gasteiger charge is -2.16. The van der Waals surface area contributed by atoms with Gasteiger partial charge in [-0.05, 0) is 31.6 Å². The summed E-state index contributed by atoms with van der Waals surface area (Å²) in [6.07, 6.45) is 1.13. The minimum Gasteiger partial charge on any atom is -0.480 e. The molecule has 2 N–H and O–H groups in total. The van der Waals surface area contributed by atoms with Crippen molar-refractivity contribution in [2.24, 2.45) is 11.8 Å². The lowest BCUT2D eigenvalue weighted by molar-refractivity contribution is -0.139. The Hall–Kier alpha value is -1.43.